The van der Waals surface area contributed by atoms with Crippen LogP contribution in [0, 0.1) is 0 Å². The molecule has 13 nitrogen and oxygen atoms in total. The van der Waals surface area contributed by atoms with E-state index in [2.05, 4.69) is 156 Å². The third-order valence-electron chi connectivity index (χ3n) is 19.5. The summed E-state index contributed by atoms with van der Waals surface area (Å²) in [6.07, 6.45) is 5.32. The van der Waals surface area contributed by atoms with E-state index in [0.717, 1.165) is 125 Å². The predicted octanol–water partition coefficient (Wildman–Crippen LogP) is 14.4. The quantitative estimate of drug-likeness (QED) is 0.0665. The molecule has 3 amide bonds. The number of amides is 3. The van der Waals surface area contributed by atoms with Gasteiger partial charge in [0.1, 0.15) is 0 Å². The van der Waals surface area contributed by atoms with Crippen molar-refractivity contribution in [2.45, 2.75) is 82.5 Å². The number of aromatic amines is 1. The number of benzene rings is 9. The van der Waals surface area contributed by atoms with Gasteiger partial charge in [0.15, 0.2) is 0 Å². The molecule has 0 atom stereocenters. The van der Waals surface area contributed by atoms with E-state index in [1.807, 2.05) is 49.5 Å². The summed E-state index contributed by atoms with van der Waals surface area (Å²) in [6, 6.07) is 54.6. The summed E-state index contributed by atoms with van der Waals surface area (Å²) in [4.78, 5) is 58.9. The van der Waals surface area contributed by atoms with Crippen LogP contribution in [-0.4, -0.2) is 61.1 Å². The van der Waals surface area contributed by atoms with Gasteiger partial charge >= 0.3 is 5.97 Å². The number of pyridine rings is 1. The van der Waals surface area contributed by atoms with E-state index in [4.69, 9.17) is 4.74 Å². The minimum absolute atomic E-state index is 0.00760. The van der Waals surface area contributed by atoms with Crippen LogP contribution in [0.4, 0.5) is 0 Å². The first kappa shape index (κ1) is 54.8. The Labute approximate surface area is 527 Å². The number of H-pyrrole nitrogens is 1. The van der Waals surface area contributed by atoms with Crippen LogP contribution < -0.4 is 16.0 Å². The van der Waals surface area contributed by atoms with Gasteiger partial charge in [0.25, 0.3) is 17.7 Å². The number of hydrogen-bond acceptors (Lipinski definition) is 8. The third-order valence-corrected chi connectivity index (χ3v) is 20.5. The molecule has 3 aliphatic carbocycles. The van der Waals surface area contributed by atoms with Crippen LogP contribution in [0.2, 0.25) is 0 Å². The summed E-state index contributed by atoms with van der Waals surface area (Å²) in [5.74, 6) is 0.731. The number of fused-ring (bicyclic) bond motifs is 30. The number of thioether (sulfide) groups is 1. The second-order valence-electron chi connectivity index (χ2n) is 24.3. The number of aryl methyl sites for hydroxylation is 2. The molecule has 19 rings (SSSR count). The van der Waals surface area contributed by atoms with E-state index in [9.17, 15) is 24.3 Å². The molecular formula is C77H61N7O6S. The number of rotatable bonds is 10. The zero-order valence-electron chi connectivity index (χ0n) is 50.0. The van der Waals surface area contributed by atoms with Crippen molar-refractivity contribution in [3.05, 3.63) is 236 Å². The lowest BCUT2D eigenvalue weighted by atomic mass is 9.92. The van der Waals surface area contributed by atoms with Crippen molar-refractivity contribution in [1.29, 1.82) is 0 Å². The lowest BCUT2D eigenvalue weighted by Gasteiger charge is -2.13. The number of ether oxygens (including phenoxy) is 1. The Kier molecular flexibility index (Phi) is 13.1. The van der Waals surface area contributed by atoms with E-state index in [0.29, 0.717) is 45.6 Å². The Morgan fingerprint density at radius 3 is 1.66 bits per heavy atom. The average Bonchev–Trinajstić information content (AvgIpc) is 1.56. The van der Waals surface area contributed by atoms with Crippen molar-refractivity contribution >= 4 is 101 Å². The first-order chi connectivity index (χ1) is 44.8. The summed E-state index contributed by atoms with van der Waals surface area (Å²) in [7, 11) is 0. The molecule has 0 saturated carbocycles. The minimum atomic E-state index is -0.189. The highest BCUT2D eigenvalue weighted by molar-refractivity contribution is 7.98. The molecule has 13 aromatic rings. The number of aliphatic hydroxyl groups excluding tert-OH is 1. The van der Waals surface area contributed by atoms with Crippen LogP contribution in [0.1, 0.15) is 106 Å². The molecule has 0 bridgehead atoms. The van der Waals surface area contributed by atoms with Gasteiger partial charge in [0.2, 0.25) is 0 Å². The van der Waals surface area contributed by atoms with Crippen molar-refractivity contribution in [3.63, 3.8) is 0 Å². The molecule has 0 unspecified atom stereocenters. The highest BCUT2D eigenvalue weighted by Crippen LogP contribution is 2.52. The maximum Gasteiger partial charge on any atom is 0.307 e. The molecule has 5 N–H and O–H groups in total. The first-order valence-corrected chi connectivity index (χ1v) is 32.4. The van der Waals surface area contributed by atoms with Gasteiger partial charge in [-0.3, -0.25) is 19.2 Å². The SMILES string of the molecule is CCOC(=O)CCn1c2ccccc2c2c3c(c4c(c21)Cc1ccccc1-4)C(=O)NC3.O=C1NCc2c1c1c(c3[nH]c4ccccc4c23)Cc2ccccc2-1.O=C1NCc2c1c1c(c3c2c2cc(CSc4ccccn4)ccc2n3CCCO)Cc2ccccc2-1. The Morgan fingerprint density at radius 1 is 0.538 bits per heavy atom. The summed E-state index contributed by atoms with van der Waals surface area (Å²) in [6.45, 7) is 5.34. The number of carbonyl (C=O) groups excluding carboxylic acids is 4. The second kappa shape index (κ2) is 21.7. The summed E-state index contributed by atoms with van der Waals surface area (Å²) in [5.41, 5.74) is 28.4. The molecule has 9 aromatic carbocycles. The maximum atomic E-state index is 13.2. The number of hydrogen-bond donors (Lipinski definition) is 5. The van der Waals surface area contributed by atoms with Gasteiger partial charge in [-0.05, 0) is 122 Å². The molecule has 0 spiro atoms. The third kappa shape index (κ3) is 8.52. The van der Waals surface area contributed by atoms with Crippen molar-refractivity contribution in [3.8, 4) is 33.4 Å². The second-order valence-corrected chi connectivity index (χ2v) is 25.3. The van der Waals surface area contributed by atoms with E-state index in [-0.39, 0.29) is 30.3 Å². The number of aliphatic hydroxyl groups is 1. The predicted molar refractivity (Wildman–Crippen MR) is 360 cm³/mol. The Bertz CT molecular complexity index is 5330. The smallest absolute Gasteiger partial charge is 0.307 e. The molecule has 14 heteroatoms. The summed E-state index contributed by atoms with van der Waals surface area (Å²) in [5, 5.41) is 27.0. The van der Waals surface area contributed by atoms with Crippen molar-refractivity contribution in [2.24, 2.45) is 0 Å². The van der Waals surface area contributed by atoms with Gasteiger partial charge in [0.05, 0.1) is 51.3 Å². The molecule has 4 aromatic heterocycles. The van der Waals surface area contributed by atoms with Crippen molar-refractivity contribution in [2.75, 3.05) is 13.2 Å². The van der Waals surface area contributed by atoms with Crippen LogP contribution in [0.25, 0.3) is 98.8 Å². The van der Waals surface area contributed by atoms with E-state index >= 15 is 0 Å². The molecule has 0 fully saturated rings. The fourth-order valence-corrected chi connectivity index (χ4v) is 16.7. The van der Waals surface area contributed by atoms with Gasteiger partial charge in [-0.2, -0.15) is 0 Å². The van der Waals surface area contributed by atoms with E-state index in [1.165, 1.54) is 82.6 Å². The standard InChI is InChI=1S/C30H25N3O2S.C26H22N2O3.C21H14N2O/c34-13-5-12-33-24-10-9-18(17-36-25-8-3-4-11-31-25)14-21(24)27-23-16-32-30(35)28(23)26-20-7-2-1-6-19(20)15-22(26)29(27)33;1-2-31-21(29)11-12-28-20-10-6-5-9-17(20)23-19-14-27-26(30)24(19)22-16-8-4-3-7-15(16)13-18(22)25(23)28;24-21-19-15(10-22-21)18-13-7-3-4-8-16(13)23-20(18)14-9-11-5-1-2-6-12(11)17(14)19/h1-4,6-11,14,34H,5,12-13,15-17H2,(H,32,35);3-10H,2,11-14H2,1H3,(H,27,30);1-8,23H,9-10H2,(H,22,24). The van der Waals surface area contributed by atoms with E-state index in [1.54, 1.807) is 11.8 Å². The number of carbonyl (C=O) groups is 4. The molecule has 6 aliphatic rings. The first-order valence-electron chi connectivity index (χ1n) is 31.4. The van der Waals surface area contributed by atoms with Crippen LogP contribution >= 0.6 is 11.8 Å². The Balaban J connectivity index is 0.000000107. The molecular weight excluding hydrogens is 1150 g/mol. The van der Waals surface area contributed by atoms with Crippen LogP contribution in [0.3, 0.4) is 0 Å². The molecule has 3 aliphatic heterocycles. The van der Waals surface area contributed by atoms with Gasteiger partial charge in [-0.25, -0.2) is 4.98 Å². The molecule has 91 heavy (non-hydrogen) atoms. The number of nitrogens with zero attached hydrogens (tertiary/aromatic N) is 3. The lowest BCUT2D eigenvalue weighted by molar-refractivity contribution is -0.143. The molecule has 0 radical (unpaired) electrons. The van der Waals surface area contributed by atoms with Gasteiger partial charge < -0.3 is 39.9 Å². The monoisotopic (exact) mass is 1210 g/mol. The summed E-state index contributed by atoms with van der Waals surface area (Å²) < 4.78 is 9.83. The Hall–Kier alpha value is -10.3. The maximum absolute atomic E-state index is 13.2. The fraction of sp³-hybridized carbons (Fsp3) is 0.182. The summed E-state index contributed by atoms with van der Waals surface area (Å²) >= 11 is 1.73. The number of nitrogens with one attached hydrogen (secondary N) is 4. The molecule has 446 valence electrons. The van der Waals surface area contributed by atoms with Gasteiger partial charge in [-0.15, -0.1) is 11.8 Å². The zero-order valence-corrected chi connectivity index (χ0v) is 50.8. The molecule has 0 saturated heterocycles. The van der Waals surface area contributed by atoms with Crippen LogP contribution in [0.5, 0.6) is 0 Å². The van der Waals surface area contributed by atoms with Gasteiger partial charge in [-0.1, -0.05) is 121 Å². The highest BCUT2D eigenvalue weighted by atomic mass is 32.2. The largest absolute Gasteiger partial charge is 0.466 e. The average molecular weight is 1210 g/mol. The zero-order chi connectivity index (χ0) is 61.2. The van der Waals surface area contributed by atoms with Crippen LogP contribution in [0.15, 0.2) is 169 Å². The highest BCUT2D eigenvalue weighted by Gasteiger charge is 2.39. The number of aromatic nitrogens is 4. The molecule has 7 heterocycles. The van der Waals surface area contributed by atoms with E-state index < -0.39 is 0 Å². The number of esters is 1. The lowest BCUT2D eigenvalue weighted by Crippen LogP contribution is -2.13. The Morgan fingerprint density at radius 2 is 1.05 bits per heavy atom. The van der Waals surface area contributed by atoms with Crippen LogP contribution in [-0.2, 0) is 67.3 Å². The fourth-order valence-electron chi connectivity index (χ4n) is 15.9. The van der Waals surface area contributed by atoms with Crippen molar-refractivity contribution in [1.82, 2.24) is 35.1 Å². The normalized spacial score (nSPS) is 14.1. The minimum Gasteiger partial charge on any atom is -0.466 e. The topological polar surface area (TPSA) is 172 Å². The van der Waals surface area contributed by atoms with Crippen molar-refractivity contribution < 1.29 is 29.0 Å². The van der Waals surface area contributed by atoms with Gasteiger partial charge in [0, 0.05) is 136 Å². The number of para-hydroxylation sites is 2.